The molecule has 0 fully saturated rings. The first kappa shape index (κ1) is 17.8. The van der Waals surface area contributed by atoms with Crippen LogP contribution in [-0.4, -0.2) is 10.5 Å². The normalized spacial score (nSPS) is 15.7. The van der Waals surface area contributed by atoms with Gasteiger partial charge in [0.1, 0.15) is 16.9 Å². The van der Waals surface area contributed by atoms with E-state index in [4.69, 9.17) is 12.2 Å². The lowest BCUT2D eigenvalue weighted by atomic mass is 10.1. The van der Waals surface area contributed by atoms with Crippen molar-refractivity contribution in [1.29, 1.82) is 0 Å². The van der Waals surface area contributed by atoms with Crippen molar-refractivity contribution >= 4 is 41.0 Å². The average molecular weight is 416 g/mol. The molecule has 0 saturated heterocycles. The van der Waals surface area contributed by atoms with Crippen LogP contribution >= 0.6 is 23.6 Å². The quantitative estimate of drug-likeness (QED) is 0.415. The Bertz CT molecular complexity index is 1220. The minimum absolute atomic E-state index is 0.0513. The van der Waals surface area contributed by atoms with Gasteiger partial charge >= 0.3 is 0 Å². The summed E-state index contributed by atoms with van der Waals surface area (Å²) in [4.78, 5) is 16.1. The zero-order valence-corrected chi connectivity index (χ0v) is 17.0. The third-order valence-corrected chi connectivity index (χ3v) is 6.28. The molecule has 3 aromatic carbocycles. The van der Waals surface area contributed by atoms with Gasteiger partial charge < -0.3 is 5.32 Å². The zero-order chi connectivity index (χ0) is 19.8. The largest absolute Gasteiger partial charge is 0.346 e. The van der Waals surface area contributed by atoms with Gasteiger partial charge in [-0.15, -0.1) is 0 Å². The molecule has 0 radical (unpaired) electrons. The van der Waals surface area contributed by atoms with Crippen LogP contribution in [0.1, 0.15) is 21.4 Å². The molecule has 1 aliphatic heterocycles. The van der Waals surface area contributed by atoms with E-state index in [1.54, 1.807) is 4.90 Å². The molecule has 6 heteroatoms. The van der Waals surface area contributed by atoms with E-state index in [9.17, 15) is 4.79 Å². The van der Waals surface area contributed by atoms with E-state index < -0.39 is 0 Å². The van der Waals surface area contributed by atoms with Crippen molar-refractivity contribution < 1.29 is 4.79 Å². The lowest BCUT2D eigenvalue weighted by Gasteiger charge is -2.37. The first-order valence-corrected chi connectivity index (χ1v) is 10.5. The number of rotatable bonds is 3. The van der Waals surface area contributed by atoms with Crippen molar-refractivity contribution in [3.8, 4) is 5.69 Å². The number of hydrogen-bond acceptors (Lipinski definition) is 4. The van der Waals surface area contributed by atoms with Crippen LogP contribution in [0.4, 0.5) is 11.5 Å². The van der Waals surface area contributed by atoms with E-state index in [1.807, 2.05) is 95.6 Å². The highest BCUT2D eigenvalue weighted by atomic mass is 32.1. The molecule has 0 saturated carbocycles. The molecule has 1 aromatic heterocycles. The summed E-state index contributed by atoms with van der Waals surface area (Å²) in [6, 6.07) is 29.6. The highest BCUT2D eigenvalue weighted by Gasteiger charge is 2.37. The maximum Gasteiger partial charge on any atom is 0.274 e. The second-order valence-corrected chi connectivity index (χ2v) is 8.33. The van der Waals surface area contributed by atoms with Gasteiger partial charge in [0.15, 0.2) is 3.95 Å². The summed E-state index contributed by atoms with van der Waals surface area (Å²) in [5, 5.41) is 3.59. The summed E-state index contributed by atoms with van der Waals surface area (Å²) in [5.41, 5.74) is 2.79. The number of carbonyl (C=O) groups excluding carboxylic acids is 1. The van der Waals surface area contributed by atoms with Crippen LogP contribution in [-0.2, 0) is 0 Å². The summed E-state index contributed by atoms with van der Waals surface area (Å²) in [7, 11) is 0. The van der Waals surface area contributed by atoms with Crippen LogP contribution in [0, 0.1) is 3.95 Å². The second-order valence-electron chi connectivity index (χ2n) is 6.68. The number of amides is 1. The van der Waals surface area contributed by atoms with Crippen molar-refractivity contribution in [2.24, 2.45) is 0 Å². The summed E-state index contributed by atoms with van der Waals surface area (Å²) in [6.07, 6.45) is -0.336. The summed E-state index contributed by atoms with van der Waals surface area (Å²) >= 11 is 6.98. The summed E-state index contributed by atoms with van der Waals surface area (Å²) in [6.45, 7) is 0. The molecule has 5 rings (SSSR count). The Labute approximate surface area is 177 Å². The molecule has 4 aromatic rings. The molecular formula is C23H17N3OS2. The SMILES string of the molecule is O=C1c2sc(=S)n(-c3ccccc3)c2NC(c2ccccc2)N1c1ccccc1. The predicted molar refractivity (Wildman–Crippen MR) is 121 cm³/mol. The van der Waals surface area contributed by atoms with Gasteiger partial charge in [0, 0.05) is 11.4 Å². The van der Waals surface area contributed by atoms with Gasteiger partial charge in [-0.1, -0.05) is 78.1 Å². The number of para-hydroxylation sites is 2. The molecule has 1 unspecified atom stereocenters. The van der Waals surface area contributed by atoms with E-state index in [-0.39, 0.29) is 12.1 Å². The fraction of sp³-hybridized carbons (Fsp3) is 0.0435. The van der Waals surface area contributed by atoms with E-state index in [0.717, 1.165) is 22.8 Å². The lowest BCUT2D eigenvalue weighted by Crippen LogP contribution is -2.43. The highest BCUT2D eigenvalue weighted by Crippen LogP contribution is 2.40. The predicted octanol–water partition coefficient (Wildman–Crippen LogP) is 6.04. The number of nitrogens with one attached hydrogen (secondary N) is 1. The van der Waals surface area contributed by atoms with Crippen LogP contribution in [0.2, 0.25) is 0 Å². The van der Waals surface area contributed by atoms with Crippen LogP contribution < -0.4 is 10.2 Å². The van der Waals surface area contributed by atoms with Gasteiger partial charge in [-0.2, -0.15) is 0 Å². The number of benzene rings is 3. The van der Waals surface area contributed by atoms with Crippen molar-refractivity contribution in [3.05, 3.63) is 105 Å². The molecule has 1 amide bonds. The standard InChI is InChI=1S/C23H17N3OS2/c27-22-19-21(26(23(28)29-19)18-14-8-3-9-15-18)24-20(16-10-4-1-5-11-16)25(22)17-12-6-2-7-13-17/h1-15,20,24H. The van der Waals surface area contributed by atoms with Crippen molar-refractivity contribution in [3.63, 3.8) is 0 Å². The van der Waals surface area contributed by atoms with Gasteiger partial charge in [-0.3, -0.25) is 14.3 Å². The maximum absolute atomic E-state index is 13.6. The molecule has 1 N–H and O–H groups in total. The number of fused-ring (bicyclic) bond motifs is 1. The van der Waals surface area contributed by atoms with Gasteiger partial charge in [-0.05, 0) is 42.0 Å². The Kier molecular flexibility index (Phi) is 4.50. The van der Waals surface area contributed by atoms with Crippen LogP contribution in [0.3, 0.4) is 0 Å². The molecule has 1 atom stereocenters. The number of thiazole rings is 1. The highest BCUT2D eigenvalue weighted by molar-refractivity contribution is 7.73. The second kappa shape index (κ2) is 7.31. The van der Waals surface area contributed by atoms with E-state index in [1.165, 1.54) is 11.3 Å². The van der Waals surface area contributed by atoms with Crippen molar-refractivity contribution in [2.75, 3.05) is 10.2 Å². The minimum atomic E-state index is -0.336. The molecule has 0 bridgehead atoms. The molecule has 142 valence electrons. The van der Waals surface area contributed by atoms with Crippen LogP contribution in [0.15, 0.2) is 91.0 Å². The fourth-order valence-electron chi connectivity index (χ4n) is 3.60. The Hall–Kier alpha value is -3.22. The van der Waals surface area contributed by atoms with Gasteiger partial charge in [0.25, 0.3) is 5.91 Å². The average Bonchev–Trinajstić information content (AvgIpc) is 3.12. The van der Waals surface area contributed by atoms with Gasteiger partial charge in [0.05, 0.1) is 0 Å². The summed E-state index contributed by atoms with van der Waals surface area (Å²) in [5.74, 6) is 0.696. The number of nitrogens with zero attached hydrogens (tertiary/aromatic N) is 2. The molecule has 0 aliphatic carbocycles. The number of hydrogen-bond donors (Lipinski definition) is 1. The summed E-state index contributed by atoms with van der Waals surface area (Å²) < 4.78 is 2.59. The molecule has 29 heavy (non-hydrogen) atoms. The zero-order valence-electron chi connectivity index (χ0n) is 15.4. The van der Waals surface area contributed by atoms with Crippen LogP contribution in [0.5, 0.6) is 0 Å². The molecule has 2 heterocycles. The first-order chi connectivity index (χ1) is 14.2. The molecular weight excluding hydrogens is 398 g/mol. The molecule has 1 aliphatic rings. The Morgan fingerprint density at radius 1 is 0.793 bits per heavy atom. The third-order valence-electron chi connectivity index (χ3n) is 4.92. The Morgan fingerprint density at radius 3 is 1.97 bits per heavy atom. The molecule has 0 spiro atoms. The van der Waals surface area contributed by atoms with Gasteiger partial charge in [0.2, 0.25) is 0 Å². The lowest BCUT2D eigenvalue weighted by molar-refractivity contribution is 0.0978. The van der Waals surface area contributed by atoms with Crippen molar-refractivity contribution in [2.45, 2.75) is 6.17 Å². The maximum atomic E-state index is 13.6. The minimum Gasteiger partial charge on any atom is -0.346 e. The van der Waals surface area contributed by atoms with E-state index in [2.05, 4.69) is 5.32 Å². The van der Waals surface area contributed by atoms with E-state index in [0.29, 0.717) is 8.83 Å². The smallest absolute Gasteiger partial charge is 0.274 e. The topological polar surface area (TPSA) is 37.3 Å². The number of anilines is 2. The van der Waals surface area contributed by atoms with Gasteiger partial charge in [-0.25, -0.2) is 0 Å². The Balaban J connectivity index is 1.71. The fourth-order valence-corrected chi connectivity index (χ4v) is 4.95. The first-order valence-electron chi connectivity index (χ1n) is 9.25. The monoisotopic (exact) mass is 415 g/mol. The van der Waals surface area contributed by atoms with Crippen LogP contribution in [0.25, 0.3) is 5.69 Å². The Morgan fingerprint density at radius 2 is 1.34 bits per heavy atom. The van der Waals surface area contributed by atoms with E-state index >= 15 is 0 Å². The van der Waals surface area contributed by atoms with Crippen molar-refractivity contribution in [1.82, 2.24) is 4.57 Å². The molecule has 4 nitrogen and oxygen atoms in total. The number of aromatic nitrogens is 1. The number of carbonyl (C=O) groups is 1. The third kappa shape index (κ3) is 3.06.